The zero-order valence-corrected chi connectivity index (χ0v) is 55.0. The third-order valence-corrected chi connectivity index (χ3v) is 17.1. The molecule has 14 nitrogen and oxygen atoms in total. The third kappa shape index (κ3) is 41.5. The van der Waals surface area contributed by atoms with Gasteiger partial charge in [-0.25, -0.2) is 0 Å². The maximum atomic E-state index is 13.3. The maximum Gasteiger partial charge on any atom is 0.220 e. The summed E-state index contributed by atoms with van der Waals surface area (Å²) in [6, 6.07) is -0.922. The Labute approximate surface area is 529 Å². The quantitative estimate of drug-likeness (QED) is 0.0204. The molecule has 0 aromatic heterocycles. The normalized spacial score (nSPS) is 23.7. The summed E-state index contributed by atoms with van der Waals surface area (Å²) in [5, 5.41) is 87.5. The minimum absolute atomic E-state index is 0.242. The number of hydrogen-bond donors (Lipinski definition) is 9. The molecule has 87 heavy (non-hydrogen) atoms. The van der Waals surface area contributed by atoms with E-state index in [-0.39, 0.29) is 18.9 Å². The van der Waals surface area contributed by atoms with Gasteiger partial charge in [-0.05, 0) is 64.2 Å². The lowest BCUT2D eigenvalue weighted by molar-refractivity contribution is -0.359. The molecule has 14 heteroatoms. The van der Waals surface area contributed by atoms with Crippen LogP contribution in [0.5, 0.6) is 0 Å². The van der Waals surface area contributed by atoms with Crippen molar-refractivity contribution in [1.82, 2.24) is 5.32 Å². The van der Waals surface area contributed by atoms with Crippen LogP contribution in [0.3, 0.4) is 0 Å². The van der Waals surface area contributed by atoms with E-state index >= 15 is 0 Å². The molecule has 0 aromatic carbocycles. The number of carbonyl (C=O) groups excluding carboxylic acids is 1. The fourth-order valence-electron chi connectivity index (χ4n) is 11.5. The number of hydrogen-bond acceptors (Lipinski definition) is 13. The van der Waals surface area contributed by atoms with Crippen molar-refractivity contribution in [2.75, 3.05) is 19.8 Å². The number of aliphatic hydroxyl groups excluding tert-OH is 8. The van der Waals surface area contributed by atoms with Crippen molar-refractivity contribution in [3.05, 3.63) is 72.9 Å². The van der Waals surface area contributed by atoms with Crippen LogP contribution in [0.25, 0.3) is 0 Å². The highest BCUT2D eigenvalue weighted by atomic mass is 16.7. The Morgan fingerprint density at radius 3 is 1.22 bits per heavy atom. The molecule has 2 saturated heterocycles. The minimum Gasteiger partial charge on any atom is -0.394 e. The Morgan fingerprint density at radius 2 is 0.793 bits per heavy atom. The predicted octanol–water partition coefficient (Wildman–Crippen LogP) is 14.6. The number of amides is 1. The molecule has 0 saturated carbocycles. The fraction of sp³-hybridized carbons (Fsp3) is 0.822. The zero-order valence-electron chi connectivity index (χ0n) is 55.0. The highest BCUT2D eigenvalue weighted by Crippen LogP contribution is 2.30. The number of aliphatic hydroxyl groups is 8. The van der Waals surface area contributed by atoms with Crippen molar-refractivity contribution in [2.45, 2.75) is 364 Å². The Hall–Kier alpha value is -2.57. The van der Waals surface area contributed by atoms with Gasteiger partial charge >= 0.3 is 0 Å². The van der Waals surface area contributed by atoms with Crippen molar-refractivity contribution in [2.24, 2.45) is 0 Å². The van der Waals surface area contributed by atoms with Gasteiger partial charge in [-0.15, -0.1) is 0 Å². The van der Waals surface area contributed by atoms with Crippen molar-refractivity contribution in [3.8, 4) is 0 Å². The van der Waals surface area contributed by atoms with Gasteiger partial charge in [0.2, 0.25) is 5.91 Å². The average Bonchev–Trinajstić information content (AvgIpc) is 2.58. The van der Waals surface area contributed by atoms with Gasteiger partial charge in [-0.1, -0.05) is 292 Å². The van der Waals surface area contributed by atoms with Crippen LogP contribution in [0.2, 0.25) is 0 Å². The number of nitrogens with one attached hydrogen (secondary N) is 1. The average molecular weight is 1230 g/mol. The monoisotopic (exact) mass is 1230 g/mol. The summed E-state index contributed by atoms with van der Waals surface area (Å²) in [5.41, 5.74) is 0. The van der Waals surface area contributed by atoms with E-state index in [4.69, 9.17) is 18.9 Å². The molecule has 0 bridgehead atoms. The molecule has 0 radical (unpaired) electrons. The molecule has 2 heterocycles. The summed E-state index contributed by atoms with van der Waals surface area (Å²) in [4.78, 5) is 13.3. The van der Waals surface area contributed by atoms with Gasteiger partial charge in [0.05, 0.1) is 32.0 Å². The van der Waals surface area contributed by atoms with Crippen molar-refractivity contribution in [1.29, 1.82) is 0 Å². The summed E-state index contributed by atoms with van der Waals surface area (Å²) in [7, 11) is 0. The topological polar surface area (TPSA) is 228 Å². The van der Waals surface area contributed by atoms with Crippen LogP contribution in [-0.4, -0.2) is 140 Å². The van der Waals surface area contributed by atoms with E-state index in [1.165, 1.54) is 186 Å². The van der Waals surface area contributed by atoms with E-state index in [1.807, 2.05) is 6.08 Å². The Kier molecular flexibility index (Phi) is 53.1. The first kappa shape index (κ1) is 80.5. The molecular weight excluding hydrogens is 1100 g/mol. The summed E-state index contributed by atoms with van der Waals surface area (Å²) < 4.78 is 22.9. The van der Waals surface area contributed by atoms with Gasteiger partial charge in [-0.2, -0.15) is 0 Å². The van der Waals surface area contributed by atoms with Crippen LogP contribution in [0.4, 0.5) is 0 Å². The molecule has 2 aliphatic heterocycles. The Morgan fingerprint density at radius 1 is 0.425 bits per heavy atom. The molecular formula is C73H131NO13. The lowest BCUT2D eigenvalue weighted by atomic mass is 9.97. The highest BCUT2D eigenvalue weighted by molar-refractivity contribution is 5.76. The lowest BCUT2D eigenvalue weighted by Gasteiger charge is -2.46. The van der Waals surface area contributed by atoms with Crippen LogP contribution in [-0.2, 0) is 23.7 Å². The molecule has 2 fully saturated rings. The first-order chi connectivity index (χ1) is 42.6. The van der Waals surface area contributed by atoms with Crippen molar-refractivity contribution < 1.29 is 64.6 Å². The van der Waals surface area contributed by atoms with Crippen molar-refractivity contribution in [3.63, 3.8) is 0 Å². The van der Waals surface area contributed by atoms with E-state index in [2.05, 4.69) is 79.9 Å². The van der Waals surface area contributed by atoms with Gasteiger partial charge < -0.3 is 65.1 Å². The summed E-state index contributed by atoms with van der Waals surface area (Å²) in [6.45, 7) is 2.72. The van der Waals surface area contributed by atoms with Crippen LogP contribution >= 0.6 is 0 Å². The summed E-state index contributed by atoms with van der Waals surface area (Å²) in [6.07, 6.45) is 60.9. The van der Waals surface area contributed by atoms with Gasteiger partial charge in [0.25, 0.3) is 0 Å². The molecule has 1 amide bonds. The first-order valence-corrected chi connectivity index (χ1v) is 35.7. The molecule has 506 valence electrons. The molecule has 2 rings (SSSR count). The van der Waals surface area contributed by atoms with Gasteiger partial charge in [0.1, 0.15) is 48.8 Å². The van der Waals surface area contributed by atoms with Gasteiger partial charge in [0.15, 0.2) is 12.6 Å². The molecule has 0 aliphatic carbocycles. The van der Waals surface area contributed by atoms with Crippen LogP contribution < -0.4 is 5.32 Å². The smallest absolute Gasteiger partial charge is 0.220 e. The van der Waals surface area contributed by atoms with E-state index in [9.17, 15) is 45.6 Å². The SMILES string of the molecule is CC/C=C\C/C=C\C/C=C\C/C=C\C/C=C\CCCCCCCCCCCCCC(=O)NC(COC1OC(CO)C(OC2OC(CO)C(O)C(O)C2O)C(O)C1O)C(O)/C=C/CCCCCCCCCCCCCCCCCCCCCCCCCC. The van der Waals surface area contributed by atoms with E-state index in [0.717, 1.165) is 77.0 Å². The van der Waals surface area contributed by atoms with Crippen LogP contribution in [0, 0.1) is 0 Å². The number of ether oxygens (including phenoxy) is 4. The molecule has 9 N–H and O–H groups in total. The first-order valence-electron chi connectivity index (χ1n) is 35.7. The highest BCUT2D eigenvalue weighted by Gasteiger charge is 2.51. The zero-order chi connectivity index (χ0) is 63.1. The molecule has 2 aliphatic rings. The summed E-state index contributed by atoms with van der Waals surface area (Å²) in [5.74, 6) is -0.242. The second-order valence-corrected chi connectivity index (χ2v) is 25.0. The number of carbonyl (C=O) groups is 1. The largest absolute Gasteiger partial charge is 0.394 e. The van der Waals surface area contributed by atoms with Crippen molar-refractivity contribution >= 4 is 5.91 Å². The molecule has 0 aromatic rings. The Balaban J connectivity index is 1.69. The predicted molar refractivity (Wildman–Crippen MR) is 355 cm³/mol. The second kappa shape index (κ2) is 57.3. The maximum absolute atomic E-state index is 13.3. The standard InChI is InChI=1S/C73H131NO13/c1-3-5-7-9-11-13-15-17-19-21-23-25-27-29-31-33-35-37-39-41-43-45-47-49-51-53-55-57-65(78)74-61(60-84-72-70(83)68(81)71(64(59-76)86-72)87-73-69(82)67(80)66(79)63(58-75)85-73)62(77)56-54-52-50-48-46-44-42-40-38-36-34-32-30-28-26-24-22-20-18-16-14-12-10-8-6-4-2/h5,7,11,13,17,19,23,25,29,31,54,56,61-64,66-73,75-77,79-83H,3-4,6,8-10,12,14-16,18,20-22,24,26-28,30,32-53,55,57-60H2,1-2H3,(H,74,78)/b7-5-,13-11-,19-17-,25-23-,31-29-,56-54+. The number of allylic oxidation sites excluding steroid dienone is 11. The molecule has 0 spiro atoms. The van der Waals surface area contributed by atoms with Crippen LogP contribution in [0.1, 0.15) is 290 Å². The van der Waals surface area contributed by atoms with Gasteiger partial charge in [0, 0.05) is 6.42 Å². The third-order valence-electron chi connectivity index (χ3n) is 17.1. The molecule has 12 atom stereocenters. The van der Waals surface area contributed by atoms with Gasteiger partial charge in [-0.3, -0.25) is 4.79 Å². The fourth-order valence-corrected chi connectivity index (χ4v) is 11.5. The number of rotatable bonds is 58. The summed E-state index contributed by atoms with van der Waals surface area (Å²) >= 11 is 0. The Bertz CT molecular complexity index is 1740. The minimum atomic E-state index is -1.79. The van der Waals surface area contributed by atoms with E-state index in [1.54, 1.807) is 6.08 Å². The lowest BCUT2D eigenvalue weighted by Crippen LogP contribution is -2.65. The van der Waals surface area contributed by atoms with Crippen LogP contribution in [0.15, 0.2) is 72.9 Å². The molecule has 12 unspecified atom stereocenters. The van der Waals surface area contributed by atoms with E-state index in [0.29, 0.717) is 6.42 Å². The van der Waals surface area contributed by atoms with E-state index < -0.39 is 86.8 Å². The second-order valence-electron chi connectivity index (χ2n) is 25.0. The number of unbranched alkanes of at least 4 members (excludes halogenated alkanes) is 35.